The van der Waals surface area contributed by atoms with Crippen molar-refractivity contribution < 1.29 is 0 Å². The molecule has 0 spiro atoms. The summed E-state index contributed by atoms with van der Waals surface area (Å²) in [5.74, 6) is 0. The second-order valence-corrected chi connectivity index (χ2v) is 3.07. The number of hydrogen-bond acceptors (Lipinski definition) is 2. The molecule has 68 valence electrons. The predicted octanol–water partition coefficient (Wildman–Crippen LogP) is 2.75. The van der Waals surface area contributed by atoms with E-state index in [1.807, 2.05) is 43.4 Å². The molecule has 0 aliphatic carbocycles. The first-order valence-corrected chi connectivity index (χ1v) is 4.46. The first-order valence-electron chi connectivity index (χ1n) is 4.46. The number of nitrogens with one attached hydrogen (secondary N) is 1. The third-order valence-corrected chi connectivity index (χ3v) is 2.31. The first kappa shape index (κ1) is 8.58. The summed E-state index contributed by atoms with van der Waals surface area (Å²) in [6, 6.07) is 13.9. The summed E-state index contributed by atoms with van der Waals surface area (Å²) in [5.41, 5.74) is 1.78. The van der Waals surface area contributed by atoms with Crippen molar-refractivity contribution in [3.8, 4) is 6.07 Å². The molecule has 2 aromatic rings. The van der Waals surface area contributed by atoms with Gasteiger partial charge in [-0.2, -0.15) is 5.26 Å². The Balaban J connectivity index is 2.86. The zero-order valence-electron chi connectivity index (χ0n) is 7.91. The topological polar surface area (TPSA) is 35.8 Å². The van der Waals surface area contributed by atoms with Crippen molar-refractivity contribution in [3.63, 3.8) is 0 Å². The van der Waals surface area contributed by atoms with Crippen LogP contribution in [0.3, 0.4) is 0 Å². The molecule has 0 saturated carbocycles. The highest BCUT2D eigenvalue weighted by Gasteiger charge is 2.02. The highest BCUT2D eigenvalue weighted by Crippen LogP contribution is 2.25. The van der Waals surface area contributed by atoms with Gasteiger partial charge in [0.1, 0.15) is 0 Å². The largest absolute Gasteiger partial charge is 0.388 e. The molecule has 14 heavy (non-hydrogen) atoms. The van der Waals surface area contributed by atoms with E-state index in [0.717, 1.165) is 22.0 Å². The number of benzene rings is 2. The quantitative estimate of drug-likeness (QED) is 0.736. The lowest BCUT2D eigenvalue weighted by Crippen LogP contribution is -1.89. The molecular formula is C12H10N2. The number of nitriles is 1. The van der Waals surface area contributed by atoms with Crippen LogP contribution in [0.1, 0.15) is 5.56 Å². The normalized spacial score (nSPS) is 9.71. The van der Waals surface area contributed by atoms with Gasteiger partial charge in [-0.3, -0.25) is 0 Å². The molecule has 0 radical (unpaired) electrons. The van der Waals surface area contributed by atoms with Crippen molar-refractivity contribution in [1.29, 1.82) is 5.26 Å². The molecule has 2 aromatic carbocycles. The Morgan fingerprint density at radius 1 is 1.07 bits per heavy atom. The fraction of sp³-hybridized carbons (Fsp3) is 0.0833. The van der Waals surface area contributed by atoms with Crippen LogP contribution in [0.2, 0.25) is 0 Å². The Bertz CT molecular complexity index is 509. The average molecular weight is 182 g/mol. The van der Waals surface area contributed by atoms with Gasteiger partial charge in [0.25, 0.3) is 0 Å². The van der Waals surface area contributed by atoms with Gasteiger partial charge in [-0.15, -0.1) is 0 Å². The molecule has 2 nitrogen and oxygen atoms in total. The van der Waals surface area contributed by atoms with Crippen LogP contribution in [0.5, 0.6) is 0 Å². The van der Waals surface area contributed by atoms with Gasteiger partial charge in [0.2, 0.25) is 0 Å². The molecule has 0 saturated heterocycles. The molecule has 0 atom stereocenters. The maximum atomic E-state index is 8.93. The van der Waals surface area contributed by atoms with Crippen LogP contribution in [0.4, 0.5) is 5.69 Å². The predicted molar refractivity (Wildman–Crippen MR) is 58.2 cm³/mol. The minimum atomic E-state index is 0.722. The third kappa shape index (κ3) is 1.20. The molecule has 0 fully saturated rings. The molecule has 0 heterocycles. The first-order chi connectivity index (χ1) is 6.86. The highest BCUT2D eigenvalue weighted by atomic mass is 14.8. The fourth-order valence-electron chi connectivity index (χ4n) is 1.63. The van der Waals surface area contributed by atoms with Gasteiger partial charge >= 0.3 is 0 Å². The van der Waals surface area contributed by atoms with Gasteiger partial charge in [-0.05, 0) is 12.1 Å². The Morgan fingerprint density at radius 3 is 2.50 bits per heavy atom. The Hall–Kier alpha value is -2.01. The van der Waals surface area contributed by atoms with Crippen molar-refractivity contribution in [2.24, 2.45) is 0 Å². The monoisotopic (exact) mass is 182 g/mol. The van der Waals surface area contributed by atoms with Crippen molar-refractivity contribution in [2.45, 2.75) is 0 Å². The summed E-state index contributed by atoms with van der Waals surface area (Å²) in [6.45, 7) is 0. The average Bonchev–Trinajstić information content (AvgIpc) is 2.27. The van der Waals surface area contributed by atoms with E-state index in [1.54, 1.807) is 0 Å². The molecule has 0 aliphatic rings. The van der Waals surface area contributed by atoms with Crippen LogP contribution < -0.4 is 5.32 Å². The lowest BCUT2D eigenvalue weighted by Gasteiger charge is -2.05. The van der Waals surface area contributed by atoms with Crippen molar-refractivity contribution in [2.75, 3.05) is 12.4 Å². The van der Waals surface area contributed by atoms with Gasteiger partial charge in [0.05, 0.1) is 11.6 Å². The second kappa shape index (κ2) is 3.39. The second-order valence-electron chi connectivity index (χ2n) is 3.07. The Labute approximate surface area is 82.8 Å². The molecule has 0 aliphatic heterocycles. The maximum absolute atomic E-state index is 8.93. The smallest absolute Gasteiger partial charge is 0.0998 e. The van der Waals surface area contributed by atoms with Crippen molar-refractivity contribution in [1.82, 2.24) is 0 Å². The minimum Gasteiger partial charge on any atom is -0.388 e. The summed E-state index contributed by atoms with van der Waals surface area (Å²) >= 11 is 0. The third-order valence-electron chi connectivity index (χ3n) is 2.31. The SMILES string of the molecule is CNc1cccc2c(C#N)cccc12. The summed E-state index contributed by atoms with van der Waals surface area (Å²) in [4.78, 5) is 0. The number of rotatable bonds is 1. The van der Waals surface area contributed by atoms with Gasteiger partial charge in [-0.25, -0.2) is 0 Å². The molecule has 0 aromatic heterocycles. The van der Waals surface area contributed by atoms with Crippen LogP contribution in [0.25, 0.3) is 10.8 Å². The molecule has 0 bridgehead atoms. The summed E-state index contributed by atoms with van der Waals surface area (Å²) in [7, 11) is 1.88. The van der Waals surface area contributed by atoms with Crippen molar-refractivity contribution in [3.05, 3.63) is 42.0 Å². The minimum absolute atomic E-state index is 0.722. The maximum Gasteiger partial charge on any atom is 0.0998 e. The lowest BCUT2D eigenvalue weighted by molar-refractivity contribution is 1.50. The molecule has 0 amide bonds. The van der Waals surface area contributed by atoms with E-state index in [-0.39, 0.29) is 0 Å². The molecule has 2 heteroatoms. The summed E-state index contributed by atoms with van der Waals surface area (Å²) in [6.07, 6.45) is 0. The molecule has 1 N–H and O–H groups in total. The summed E-state index contributed by atoms with van der Waals surface area (Å²) < 4.78 is 0. The number of nitrogens with zero attached hydrogens (tertiary/aromatic N) is 1. The van der Waals surface area contributed by atoms with E-state index in [0.29, 0.717) is 0 Å². The van der Waals surface area contributed by atoms with Crippen LogP contribution in [-0.4, -0.2) is 7.05 Å². The van der Waals surface area contributed by atoms with Gasteiger partial charge in [0.15, 0.2) is 0 Å². The van der Waals surface area contributed by atoms with Crippen LogP contribution in [0.15, 0.2) is 36.4 Å². The number of hydrogen-bond donors (Lipinski definition) is 1. The van der Waals surface area contributed by atoms with E-state index in [9.17, 15) is 0 Å². The van der Waals surface area contributed by atoms with E-state index >= 15 is 0 Å². The number of anilines is 1. The molecule has 2 rings (SSSR count). The standard InChI is InChI=1S/C12H10N2/c1-14-12-7-3-5-10-9(8-13)4-2-6-11(10)12/h2-7,14H,1H3. The molecule has 0 unspecified atom stereocenters. The zero-order valence-corrected chi connectivity index (χ0v) is 7.91. The van der Waals surface area contributed by atoms with Crippen LogP contribution in [-0.2, 0) is 0 Å². The zero-order chi connectivity index (χ0) is 9.97. The highest BCUT2D eigenvalue weighted by molar-refractivity contribution is 5.97. The van der Waals surface area contributed by atoms with E-state index in [2.05, 4.69) is 11.4 Å². The van der Waals surface area contributed by atoms with Gasteiger partial charge in [0, 0.05) is 23.5 Å². The Morgan fingerprint density at radius 2 is 1.79 bits per heavy atom. The fourth-order valence-corrected chi connectivity index (χ4v) is 1.63. The van der Waals surface area contributed by atoms with Crippen molar-refractivity contribution >= 4 is 16.5 Å². The number of fused-ring (bicyclic) bond motifs is 1. The Kier molecular flexibility index (Phi) is 2.08. The van der Waals surface area contributed by atoms with Crippen LogP contribution in [0, 0.1) is 11.3 Å². The summed E-state index contributed by atoms with van der Waals surface area (Å²) in [5, 5.41) is 14.1. The van der Waals surface area contributed by atoms with Gasteiger partial charge < -0.3 is 5.32 Å². The lowest BCUT2D eigenvalue weighted by atomic mass is 10.0. The van der Waals surface area contributed by atoms with E-state index in [4.69, 9.17) is 5.26 Å². The van der Waals surface area contributed by atoms with Crippen LogP contribution >= 0.6 is 0 Å². The molecular weight excluding hydrogens is 172 g/mol. The van der Waals surface area contributed by atoms with E-state index in [1.165, 1.54) is 0 Å². The van der Waals surface area contributed by atoms with E-state index < -0.39 is 0 Å². The van der Waals surface area contributed by atoms with Gasteiger partial charge in [-0.1, -0.05) is 24.3 Å².